The zero-order chi connectivity index (χ0) is 11.1. The molecule has 1 amide bonds. The molecule has 88 valence electrons. The van der Waals surface area contributed by atoms with Gasteiger partial charge in [0.25, 0.3) is 0 Å². The van der Waals surface area contributed by atoms with Gasteiger partial charge in [-0.2, -0.15) is 11.8 Å². The Kier molecular flexibility index (Phi) is 6.10. The first-order chi connectivity index (χ1) is 7.22. The van der Waals surface area contributed by atoms with E-state index in [-0.39, 0.29) is 11.9 Å². The van der Waals surface area contributed by atoms with Crippen LogP contribution in [0.25, 0.3) is 0 Å². The van der Waals surface area contributed by atoms with Gasteiger partial charge in [0.1, 0.15) is 0 Å². The molecular formula is C11H22N2OS. The van der Waals surface area contributed by atoms with Gasteiger partial charge in [0.05, 0.1) is 0 Å². The van der Waals surface area contributed by atoms with E-state index in [0.29, 0.717) is 12.3 Å². The van der Waals surface area contributed by atoms with Gasteiger partial charge in [0.15, 0.2) is 0 Å². The van der Waals surface area contributed by atoms with E-state index in [9.17, 15) is 4.79 Å². The van der Waals surface area contributed by atoms with Gasteiger partial charge in [-0.1, -0.05) is 13.3 Å². The topological polar surface area (TPSA) is 55.1 Å². The zero-order valence-electron chi connectivity index (χ0n) is 9.50. The Morgan fingerprint density at radius 2 is 2.47 bits per heavy atom. The lowest BCUT2D eigenvalue weighted by Crippen LogP contribution is -2.34. The fourth-order valence-electron chi connectivity index (χ4n) is 1.79. The lowest BCUT2D eigenvalue weighted by atomic mass is 10.1. The van der Waals surface area contributed by atoms with Crippen molar-refractivity contribution in [2.24, 2.45) is 11.7 Å². The standard InChI is InChI=1S/C11H22N2OS/c1-2-3-10(12)6-11(14)13-7-9-4-5-15-8-9/h9-10H,2-8,12H2,1H3,(H,13,14). The third kappa shape index (κ3) is 5.42. The van der Waals surface area contributed by atoms with Crippen molar-refractivity contribution in [2.45, 2.75) is 38.6 Å². The number of hydrogen-bond donors (Lipinski definition) is 2. The molecule has 2 unspecified atom stereocenters. The van der Waals surface area contributed by atoms with Crippen molar-refractivity contribution in [1.82, 2.24) is 5.32 Å². The third-order valence-corrected chi connectivity index (χ3v) is 3.95. The molecule has 0 aromatic rings. The molecule has 1 aliphatic heterocycles. The SMILES string of the molecule is CCCC(N)CC(=O)NCC1CCSC1. The average molecular weight is 230 g/mol. The lowest BCUT2D eigenvalue weighted by Gasteiger charge is -2.12. The summed E-state index contributed by atoms with van der Waals surface area (Å²) in [5.41, 5.74) is 5.80. The van der Waals surface area contributed by atoms with Crippen LogP contribution >= 0.6 is 11.8 Å². The maximum absolute atomic E-state index is 11.5. The minimum absolute atomic E-state index is 0.0351. The van der Waals surface area contributed by atoms with Crippen LogP contribution in [-0.2, 0) is 4.79 Å². The Morgan fingerprint density at radius 1 is 1.67 bits per heavy atom. The Bertz CT molecular complexity index is 193. The molecule has 1 aliphatic rings. The Hall–Kier alpha value is -0.220. The van der Waals surface area contributed by atoms with Gasteiger partial charge in [-0.15, -0.1) is 0 Å². The summed E-state index contributed by atoms with van der Waals surface area (Å²) in [5.74, 6) is 3.24. The first-order valence-electron chi connectivity index (χ1n) is 5.82. The molecule has 0 saturated carbocycles. The van der Waals surface area contributed by atoms with Crippen molar-refractivity contribution in [2.75, 3.05) is 18.1 Å². The van der Waals surface area contributed by atoms with E-state index in [2.05, 4.69) is 12.2 Å². The highest BCUT2D eigenvalue weighted by Crippen LogP contribution is 2.22. The maximum atomic E-state index is 11.5. The second-order valence-electron chi connectivity index (χ2n) is 4.29. The van der Waals surface area contributed by atoms with Gasteiger partial charge >= 0.3 is 0 Å². The first-order valence-corrected chi connectivity index (χ1v) is 6.97. The van der Waals surface area contributed by atoms with E-state index in [0.717, 1.165) is 19.4 Å². The predicted octanol–water partition coefficient (Wildman–Crippen LogP) is 1.37. The van der Waals surface area contributed by atoms with Crippen LogP contribution in [0.4, 0.5) is 0 Å². The fourth-order valence-corrected chi connectivity index (χ4v) is 3.07. The summed E-state index contributed by atoms with van der Waals surface area (Å²) in [7, 11) is 0. The summed E-state index contributed by atoms with van der Waals surface area (Å²) in [4.78, 5) is 11.5. The zero-order valence-corrected chi connectivity index (χ0v) is 10.3. The molecule has 0 bridgehead atoms. The van der Waals surface area contributed by atoms with Crippen LogP contribution in [0.5, 0.6) is 0 Å². The highest BCUT2D eigenvalue weighted by atomic mass is 32.2. The highest BCUT2D eigenvalue weighted by Gasteiger charge is 2.16. The van der Waals surface area contributed by atoms with Crippen LogP contribution in [0.2, 0.25) is 0 Å². The molecule has 0 aromatic carbocycles. The van der Waals surface area contributed by atoms with Crippen LogP contribution in [0, 0.1) is 5.92 Å². The average Bonchev–Trinajstić information content (AvgIpc) is 2.67. The number of amides is 1. The monoisotopic (exact) mass is 230 g/mol. The van der Waals surface area contributed by atoms with Gasteiger partial charge in [0, 0.05) is 19.0 Å². The number of thioether (sulfide) groups is 1. The number of carbonyl (C=O) groups is 1. The van der Waals surface area contributed by atoms with Crippen LogP contribution in [0.15, 0.2) is 0 Å². The van der Waals surface area contributed by atoms with Crippen LogP contribution in [0.1, 0.15) is 32.6 Å². The summed E-state index contributed by atoms with van der Waals surface area (Å²) in [6, 6.07) is 0.0351. The van der Waals surface area contributed by atoms with Crippen molar-refractivity contribution in [3.63, 3.8) is 0 Å². The number of carbonyl (C=O) groups excluding carboxylic acids is 1. The Labute approximate surface area is 96.6 Å². The third-order valence-electron chi connectivity index (χ3n) is 2.72. The molecule has 4 heteroatoms. The largest absolute Gasteiger partial charge is 0.356 e. The Balaban J connectivity index is 2.07. The molecule has 0 spiro atoms. The van der Waals surface area contributed by atoms with Crippen LogP contribution < -0.4 is 11.1 Å². The second kappa shape index (κ2) is 7.12. The minimum Gasteiger partial charge on any atom is -0.356 e. The number of hydrogen-bond acceptors (Lipinski definition) is 3. The molecule has 1 heterocycles. The van der Waals surface area contributed by atoms with Gasteiger partial charge < -0.3 is 11.1 Å². The normalized spacial score (nSPS) is 22.7. The van der Waals surface area contributed by atoms with E-state index < -0.39 is 0 Å². The summed E-state index contributed by atoms with van der Waals surface area (Å²) in [6.45, 7) is 2.93. The first kappa shape index (κ1) is 12.8. The summed E-state index contributed by atoms with van der Waals surface area (Å²) < 4.78 is 0. The molecule has 2 atom stereocenters. The molecule has 0 aromatic heterocycles. The van der Waals surface area contributed by atoms with Gasteiger partial charge in [-0.05, 0) is 30.3 Å². The minimum atomic E-state index is 0.0351. The smallest absolute Gasteiger partial charge is 0.221 e. The predicted molar refractivity (Wildman–Crippen MR) is 65.9 cm³/mol. The lowest BCUT2D eigenvalue weighted by molar-refractivity contribution is -0.121. The molecule has 0 aliphatic carbocycles. The Morgan fingerprint density at radius 3 is 3.07 bits per heavy atom. The molecule has 1 rings (SSSR count). The highest BCUT2D eigenvalue weighted by molar-refractivity contribution is 7.99. The van der Waals surface area contributed by atoms with E-state index in [4.69, 9.17) is 5.73 Å². The molecule has 15 heavy (non-hydrogen) atoms. The van der Waals surface area contributed by atoms with Crippen molar-refractivity contribution in [3.05, 3.63) is 0 Å². The molecule has 3 nitrogen and oxygen atoms in total. The van der Waals surface area contributed by atoms with E-state index in [1.807, 2.05) is 11.8 Å². The van der Waals surface area contributed by atoms with Gasteiger partial charge in [-0.3, -0.25) is 4.79 Å². The van der Waals surface area contributed by atoms with E-state index in [1.54, 1.807) is 0 Å². The van der Waals surface area contributed by atoms with Gasteiger partial charge in [-0.25, -0.2) is 0 Å². The van der Waals surface area contributed by atoms with Crippen LogP contribution in [-0.4, -0.2) is 30.0 Å². The summed E-state index contributed by atoms with van der Waals surface area (Å²) in [6.07, 6.45) is 3.71. The van der Waals surface area contributed by atoms with Gasteiger partial charge in [0.2, 0.25) is 5.91 Å². The van der Waals surface area contributed by atoms with Crippen molar-refractivity contribution < 1.29 is 4.79 Å². The second-order valence-corrected chi connectivity index (χ2v) is 5.44. The molecule has 1 fully saturated rings. The summed E-state index contributed by atoms with van der Waals surface area (Å²) >= 11 is 1.98. The van der Waals surface area contributed by atoms with Crippen molar-refractivity contribution in [1.29, 1.82) is 0 Å². The maximum Gasteiger partial charge on any atom is 0.221 e. The number of nitrogens with one attached hydrogen (secondary N) is 1. The molecular weight excluding hydrogens is 208 g/mol. The van der Waals surface area contributed by atoms with Crippen molar-refractivity contribution in [3.8, 4) is 0 Å². The molecule has 1 saturated heterocycles. The van der Waals surface area contributed by atoms with E-state index in [1.165, 1.54) is 17.9 Å². The quantitative estimate of drug-likeness (QED) is 0.724. The number of rotatable bonds is 6. The van der Waals surface area contributed by atoms with Crippen LogP contribution in [0.3, 0.4) is 0 Å². The number of nitrogens with two attached hydrogens (primary N) is 1. The van der Waals surface area contributed by atoms with Crippen molar-refractivity contribution >= 4 is 17.7 Å². The summed E-state index contributed by atoms with van der Waals surface area (Å²) in [5, 5.41) is 2.98. The van der Waals surface area contributed by atoms with E-state index >= 15 is 0 Å². The fraction of sp³-hybridized carbons (Fsp3) is 0.909. The molecule has 3 N–H and O–H groups in total. The molecule has 0 radical (unpaired) electrons.